The van der Waals surface area contributed by atoms with E-state index in [9.17, 15) is 4.79 Å². The minimum atomic E-state index is -0.256. The Balaban J connectivity index is 2.01. The molecule has 0 radical (unpaired) electrons. The highest BCUT2D eigenvalue weighted by molar-refractivity contribution is 6.36. The average molecular weight is 334 g/mol. The SMILES string of the molecule is C[C@H](N)c1cc2cccc(Cl)c2c(C(=O)NC2CCOCC2)n1. The summed E-state index contributed by atoms with van der Waals surface area (Å²) in [6.45, 7) is 3.18. The number of aromatic nitrogens is 1. The quantitative estimate of drug-likeness (QED) is 0.905. The second-order valence-corrected chi connectivity index (χ2v) is 6.29. The zero-order chi connectivity index (χ0) is 16.4. The number of hydrogen-bond acceptors (Lipinski definition) is 4. The van der Waals surface area contributed by atoms with Crippen molar-refractivity contribution in [2.75, 3.05) is 13.2 Å². The molecule has 23 heavy (non-hydrogen) atoms. The van der Waals surface area contributed by atoms with E-state index in [0.717, 1.165) is 18.2 Å². The molecule has 3 rings (SSSR count). The lowest BCUT2D eigenvalue weighted by Crippen LogP contribution is -2.39. The average Bonchev–Trinajstić information content (AvgIpc) is 2.55. The zero-order valence-electron chi connectivity index (χ0n) is 13.0. The maximum atomic E-state index is 12.7. The molecule has 6 heteroatoms. The van der Waals surface area contributed by atoms with Crippen LogP contribution in [0.5, 0.6) is 0 Å². The topological polar surface area (TPSA) is 77.2 Å². The molecule has 1 aliphatic heterocycles. The first-order chi connectivity index (χ1) is 11.1. The number of hydrogen-bond donors (Lipinski definition) is 2. The summed E-state index contributed by atoms with van der Waals surface area (Å²) in [5, 5.41) is 5.10. The Morgan fingerprint density at radius 3 is 2.87 bits per heavy atom. The number of ether oxygens (including phenoxy) is 1. The minimum absolute atomic E-state index is 0.106. The minimum Gasteiger partial charge on any atom is -0.381 e. The van der Waals surface area contributed by atoms with Crippen molar-refractivity contribution < 1.29 is 9.53 Å². The highest BCUT2D eigenvalue weighted by atomic mass is 35.5. The molecule has 122 valence electrons. The normalized spacial score (nSPS) is 17.2. The second-order valence-electron chi connectivity index (χ2n) is 5.88. The van der Waals surface area contributed by atoms with Crippen LogP contribution < -0.4 is 11.1 Å². The molecule has 1 aliphatic rings. The van der Waals surface area contributed by atoms with Crippen LogP contribution in [0.2, 0.25) is 5.02 Å². The van der Waals surface area contributed by atoms with Gasteiger partial charge in [-0.1, -0.05) is 23.7 Å². The summed E-state index contributed by atoms with van der Waals surface area (Å²) in [7, 11) is 0. The summed E-state index contributed by atoms with van der Waals surface area (Å²) < 4.78 is 5.32. The Kier molecular flexibility index (Phi) is 4.80. The second kappa shape index (κ2) is 6.83. The van der Waals surface area contributed by atoms with Gasteiger partial charge in [0.15, 0.2) is 0 Å². The predicted molar refractivity (Wildman–Crippen MR) is 90.7 cm³/mol. The molecule has 3 N–H and O–H groups in total. The number of benzene rings is 1. The van der Waals surface area contributed by atoms with Gasteiger partial charge in [-0.15, -0.1) is 0 Å². The van der Waals surface area contributed by atoms with Crippen molar-refractivity contribution in [3.8, 4) is 0 Å². The molecular formula is C17H20ClN3O2. The van der Waals surface area contributed by atoms with Gasteiger partial charge in [0.1, 0.15) is 5.69 Å². The van der Waals surface area contributed by atoms with Gasteiger partial charge in [-0.05, 0) is 37.3 Å². The van der Waals surface area contributed by atoms with E-state index in [2.05, 4.69) is 10.3 Å². The molecule has 1 saturated heterocycles. The van der Waals surface area contributed by atoms with Gasteiger partial charge in [0.25, 0.3) is 5.91 Å². The molecule has 1 aromatic heterocycles. The Morgan fingerprint density at radius 1 is 1.43 bits per heavy atom. The Hall–Kier alpha value is -1.69. The largest absolute Gasteiger partial charge is 0.381 e. The van der Waals surface area contributed by atoms with Crippen molar-refractivity contribution in [1.29, 1.82) is 0 Å². The first kappa shape index (κ1) is 16.2. The van der Waals surface area contributed by atoms with Gasteiger partial charge in [0.2, 0.25) is 0 Å². The van der Waals surface area contributed by atoms with E-state index in [1.54, 1.807) is 6.07 Å². The zero-order valence-corrected chi connectivity index (χ0v) is 13.8. The van der Waals surface area contributed by atoms with Crippen molar-refractivity contribution in [1.82, 2.24) is 10.3 Å². The molecule has 0 unspecified atom stereocenters. The van der Waals surface area contributed by atoms with E-state index in [-0.39, 0.29) is 18.0 Å². The van der Waals surface area contributed by atoms with Crippen molar-refractivity contribution >= 4 is 28.3 Å². The lowest BCUT2D eigenvalue weighted by Gasteiger charge is -2.23. The summed E-state index contributed by atoms with van der Waals surface area (Å²) in [6.07, 6.45) is 1.62. The summed E-state index contributed by atoms with van der Waals surface area (Å²) >= 11 is 6.31. The van der Waals surface area contributed by atoms with Crippen LogP contribution in [0.15, 0.2) is 24.3 Å². The van der Waals surface area contributed by atoms with E-state index in [0.29, 0.717) is 35.0 Å². The molecule has 0 spiro atoms. The van der Waals surface area contributed by atoms with Gasteiger partial charge in [-0.25, -0.2) is 4.98 Å². The fraction of sp³-hybridized carbons (Fsp3) is 0.412. The number of rotatable bonds is 3. The number of halogens is 1. The monoisotopic (exact) mass is 333 g/mol. The third-order valence-corrected chi connectivity index (χ3v) is 4.38. The molecule has 0 saturated carbocycles. The maximum Gasteiger partial charge on any atom is 0.270 e. The number of carbonyl (C=O) groups excluding carboxylic acids is 1. The fourth-order valence-corrected chi connectivity index (χ4v) is 3.05. The number of nitrogens with zero attached hydrogens (tertiary/aromatic N) is 1. The Bertz CT molecular complexity index is 727. The number of nitrogens with two attached hydrogens (primary N) is 1. The first-order valence-corrected chi connectivity index (χ1v) is 8.17. The Labute approximate surface area is 140 Å². The lowest BCUT2D eigenvalue weighted by molar-refractivity contribution is 0.0695. The van der Waals surface area contributed by atoms with Gasteiger partial charge in [-0.3, -0.25) is 4.79 Å². The smallest absolute Gasteiger partial charge is 0.270 e. The van der Waals surface area contributed by atoms with Crippen LogP contribution in [0.3, 0.4) is 0 Å². The Morgan fingerprint density at radius 2 is 2.17 bits per heavy atom. The molecule has 2 heterocycles. The molecule has 1 aromatic carbocycles. The van der Waals surface area contributed by atoms with E-state index < -0.39 is 0 Å². The molecular weight excluding hydrogens is 314 g/mol. The van der Waals surface area contributed by atoms with Crippen LogP contribution in [0.4, 0.5) is 0 Å². The fourth-order valence-electron chi connectivity index (χ4n) is 2.78. The number of fused-ring (bicyclic) bond motifs is 1. The highest BCUT2D eigenvalue weighted by Crippen LogP contribution is 2.28. The number of pyridine rings is 1. The summed E-state index contributed by atoms with van der Waals surface area (Å²) in [6, 6.07) is 7.28. The number of carbonyl (C=O) groups is 1. The number of amides is 1. The van der Waals surface area contributed by atoms with Crippen molar-refractivity contribution in [2.24, 2.45) is 5.73 Å². The molecule has 1 fully saturated rings. The molecule has 0 aliphatic carbocycles. The van der Waals surface area contributed by atoms with E-state index in [4.69, 9.17) is 22.1 Å². The first-order valence-electron chi connectivity index (χ1n) is 7.79. The summed E-state index contributed by atoms with van der Waals surface area (Å²) in [5.74, 6) is -0.211. The van der Waals surface area contributed by atoms with Crippen LogP contribution in [-0.4, -0.2) is 30.1 Å². The molecule has 1 amide bonds. The summed E-state index contributed by atoms with van der Waals surface area (Å²) in [4.78, 5) is 17.2. The van der Waals surface area contributed by atoms with Gasteiger partial charge in [0, 0.05) is 30.7 Å². The number of nitrogens with one attached hydrogen (secondary N) is 1. The van der Waals surface area contributed by atoms with Gasteiger partial charge >= 0.3 is 0 Å². The van der Waals surface area contributed by atoms with Crippen LogP contribution in [0.25, 0.3) is 10.8 Å². The van der Waals surface area contributed by atoms with Gasteiger partial charge < -0.3 is 15.8 Å². The van der Waals surface area contributed by atoms with Gasteiger partial charge in [-0.2, -0.15) is 0 Å². The predicted octanol–water partition coefficient (Wildman–Crippen LogP) is 2.82. The maximum absolute atomic E-state index is 12.7. The third-order valence-electron chi connectivity index (χ3n) is 4.07. The summed E-state index contributed by atoms with van der Waals surface area (Å²) in [5.41, 5.74) is 6.97. The highest BCUT2D eigenvalue weighted by Gasteiger charge is 2.21. The van der Waals surface area contributed by atoms with Crippen LogP contribution in [-0.2, 0) is 4.74 Å². The van der Waals surface area contributed by atoms with Crippen molar-refractivity contribution in [3.63, 3.8) is 0 Å². The lowest BCUT2D eigenvalue weighted by atomic mass is 10.0. The van der Waals surface area contributed by atoms with E-state index >= 15 is 0 Å². The molecule has 5 nitrogen and oxygen atoms in total. The molecule has 0 bridgehead atoms. The van der Waals surface area contributed by atoms with E-state index in [1.165, 1.54) is 0 Å². The van der Waals surface area contributed by atoms with Crippen LogP contribution in [0, 0.1) is 0 Å². The molecule has 2 aromatic rings. The van der Waals surface area contributed by atoms with Crippen LogP contribution >= 0.6 is 11.6 Å². The molecule has 1 atom stereocenters. The third kappa shape index (κ3) is 3.47. The van der Waals surface area contributed by atoms with Gasteiger partial charge in [0.05, 0.1) is 10.7 Å². The van der Waals surface area contributed by atoms with E-state index in [1.807, 2.05) is 25.1 Å². The van der Waals surface area contributed by atoms with Crippen molar-refractivity contribution in [2.45, 2.75) is 31.8 Å². The van der Waals surface area contributed by atoms with Crippen molar-refractivity contribution in [3.05, 3.63) is 40.7 Å². The van der Waals surface area contributed by atoms with Crippen LogP contribution in [0.1, 0.15) is 42.0 Å². The standard InChI is InChI=1S/C17H20ClN3O2/c1-10(19)14-9-11-3-2-4-13(18)15(11)16(21-14)17(22)20-12-5-7-23-8-6-12/h2-4,9-10,12H,5-8,19H2,1H3,(H,20,22)/t10-/m0/s1.